The van der Waals surface area contributed by atoms with E-state index >= 15 is 0 Å². The number of ether oxygens (including phenoxy) is 1. The number of hydrogen-bond donors (Lipinski definition) is 2. The molecule has 0 amide bonds. The lowest BCUT2D eigenvalue weighted by atomic mass is 10.2. The van der Waals surface area contributed by atoms with Gasteiger partial charge in [-0.05, 0) is 18.2 Å². The van der Waals surface area contributed by atoms with Gasteiger partial charge in [-0.3, -0.25) is 10.1 Å². The highest BCUT2D eigenvalue weighted by atomic mass is 16.5. The highest BCUT2D eigenvalue weighted by molar-refractivity contribution is 5.97. The molecule has 0 aliphatic rings. The minimum absolute atomic E-state index is 0.0136. The molecule has 0 atom stereocenters. The summed E-state index contributed by atoms with van der Waals surface area (Å²) in [6.45, 7) is 1.16. The molecular weight excluding hydrogens is 216 g/mol. The largest absolute Gasteiger partial charge is 0.491 e. The van der Waals surface area contributed by atoms with E-state index in [1.807, 2.05) is 24.4 Å². The molecule has 1 aromatic heterocycles. The molecule has 2 rings (SSSR count). The van der Waals surface area contributed by atoms with Gasteiger partial charge in [0.2, 0.25) is 0 Å². The quantitative estimate of drug-likeness (QED) is 0.599. The molecule has 0 saturated heterocycles. The molecule has 5 nitrogen and oxygen atoms in total. The molecule has 0 bridgehead atoms. The number of rotatable bonds is 5. The van der Waals surface area contributed by atoms with E-state index in [9.17, 15) is 0 Å². The van der Waals surface area contributed by atoms with Crippen LogP contribution < -0.4 is 10.5 Å². The fraction of sp³-hybridized carbons (Fsp3) is 0.167. The van der Waals surface area contributed by atoms with Crippen LogP contribution in [0.5, 0.6) is 5.75 Å². The van der Waals surface area contributed by atoms with Crippen molar-refractivity contribution in [2.75, 3.05) is 6.61 Å². The second-order valence-electron chi connectivity index (χ2n) is 3.53. The molecule has 0 radical (unpaired) electrons. The number of amidine groups is 1. The maximum atomic E-state index is 7.43. The third-order valence-electron chi connectivity index (χ3n) is 2.31. The summed E-state index contributed by atoms with van der Waals surface area (Å²) in [5, 5.41) is 11.5. The van der Waals surface area contributed by atoms with Gasteiger partial charge in [0, 0.05) is 12.4 Å². The van der Waals surface area contributed by atoms with Gasteiger partial charge in [-0.25, -0.2) is 0 Å². The Kier molecular flexibility index (Phi) is 3.40. The van der Waals surface area contributed by atoms with Crippen LogP contribution in [-0.2, 0) is 6.54 Å². The SMILES string of the molecule is N=C(N)c1ccccc1OCCn1cccn1. The summed E-state index contributed by atoms with van der Waals surface area (Å²) in [7, 11) is 0. The Morgan fingerprint density at radius 2 is 2.18 bits per heavy atom. The Bertz CT molecular complexity index is 493. The van der Waals surface area contributed by atoms with Crippen LogP contribution in [0.4, 0.5) is 0 Å². The van der Waals surface area contributed by atoms with Crippen molar-refractivity contribution in [3.8, 4) is 5.75 Å². The standard InChI is InChI=1S/C12H14N4O/c13-12(14)10-4-1-2-5-11(10)17-9-8-16-7-3-6-15-16/h1-7H,8-9H2,(H3,13,14). The van der Waals surface area contributed by atoms with E-state index < -0.39 is 0 Å². The van der Waals surface area contributed by atoms with E-state index in [4.69, 9.17) is 15.9 Å². The van der Waals surface area contributed by atoms with E-state index in [2.05, 4.69) is 5.10 Å². The summed E-state index contributed by atoms with van der Waals surface area (Å²) in [6.07, 6.45) is 3.60. The van der Waals surface area contributed by atoms with Crippen LogP contribution in [0.15, 0.2) is 42.7 Å². The Labute approximate surface area is 99.3 Å². The van der Waals surface area contributed by atoms with Gasteiger partial charge in [0.1, 0.15) is 18.2 Å². The molecule has 0 spiro atoms. The number of hydrogen-bond acceptors (Lipinski definition) is 3. The van der Waals surface area contributed by atoms with E-state index in [0.717, 1.165) is 0 Å². The second-order valence-corrected chi connectivity index (χ2v) is 3.53. The lowest BCUT2D eigenvalue weighted by Crippen LogP contribution is -2.15. The molecule has 88 valence electrons. The van der Waals surface area contributed by atoms with Crippen molar-refractivity contribution < 1.29 is 4.74 Å². The first kappa shape index (κ1) is 11.2. The summed E-state index contributed by atoms with van der Waals surface area (Å²) in [5.41, 5.74) is 6.09. The summed E-state index contributed by atoms with van der Waals surface area (Å²) >= 11 is 0. The van der Waals surface area contributed by atoms with Crippen molar-refractivity contribution >= 4 is 5.84 Å². The van der Waals surface area contributed by atoms with Gasteiger partial charge in [0.05, 0.1) is 12.1 Å². The smallest absolute Gasteiger partial charge is 0.130 e. The van der Waals surface area contributed by atoms with Gasteiger partial charge in [-0.2, -0.15) is 5.10 Å². The molecule has 0 unspecified atom stereocenters. The fourth-order valence-electron chi connectivity index (χ4n) is 1.50. The zero-order valence-corrected chi connectivity index (χ0v) is 9.34. The molecular formula is C12H14N4O. The molecule has 1 aromatic carbocycles. The van der Waals surface area contributed by atoms with E-state index in [0.29, 0.717) is 24.5 Å². The van der Waals surface area contributed by atoms with Gasteiger partial charge in [-0.1, -0.05) is 12.1 Å². The maximum absolute atomic E-state index is 7.43. The molecule has 0 aliphatic carbocycles. The number of aromatic nitrogens is 2. The van der Waals surface area contributed by atoms with Gasteiger partial charge in [0.25, 0.3) is 0 Å². The monoisotopic (exact) mass is 230 g/mol. The van der Waals surface area contributed by atoms with Gasteiger partial charge in [-0.15, -0.1) is 0 Å². The molecule has 1 heterocycles. The van der Waals surface area contributed by atoms with Crippen molar-refractivity contribution in [3.05, 3.63) is 48.3 Å². The van der Waals surface area contributed by atoms with Crippen molar-refractivity contribution in [3.63, 3.8) is 0 Å². The fourth-order valence-corrected chi connectivity index (χ4v) is 1.50. The second kappa shape index (κ2) is 5.16. The van der Waals surface area contributed by atoms with Crippen molar-refractivity contribution in [2.24, 2.45) is 5.73 Å². The van der Waals surface area contributed by atoms with Crippen molar-refractivity contribution in [2.45, 2.75) is 6.54 Å². The van der Waals surface area contributed by atoms with E-state index in [-0.39, 0.29) is 5.84 Å². The van der Waals surface area contributed by atoms with Gasteiger partial charge < -0.3 is 10.5 Å². The number of para-hydroxylation sites is 1. The molecule has 0 saturated carbocycles. The highest BCUT2D eigenvalue weighted by Crippen LogP contribution is 2.16. The number of nitrogen functional groups attached to an aromatic ring is 1. The van der Waals surface area contributed by atoms with E-state index in [1.165, 1.54) is 0 Å². The predicted octanol–water partition coefficient (Wildman–Crippen LogP) is 1.25. The normalized spacial score (nSPS) is 10.1. The number of benzene rings is 1. The van der Waals surface area contributed by atoms with Gasteiger partial charge >= 0.3 is 0 Å². The van der Waals surface area contributed by atoms with Crippen LogP contribution in [0, 0.1) is 5.41 Å². The Morgan fingerprint density at radius 1 is 1.35 bits per heavy atom. The van der Waals surface area contributed by atoms with Crippen LogP contribution >= 0.6 is 0 Å². The van der Waals surface area contributed by atoms with Crippen molar-refractivity contribution in [1.82, 2.24) is 9.78 Å². The first-order valence-electron chi connectivity index (χ1n) is 5.31. The van der Waals surface area contributed by atoms with Crippen LogP contribution in [0.3, 0.4) is 0 Å². The van der Waals surface area contributed by atoms with Crippen LogP contribution in [0.2, 0.25) is 0 Å². The summed E-state index contributed by atoms with van der Waals surface area (Å²) < 4.78 is 7.38. The Hall–Kier alpha value is -2.30. The van der Waals surface area contributed by atoms with Crippen LogP contribution in [-0.4, -0.2) is 22.2 Å². The summed E-state index contributed by atoms with van der Waals surface area (Å²) in [4.78, 5) is 0. The molecule has 3 N–H and O–H groups in total. The zero-order valence-electron chi connectivity index (χ0n) is 9.34. The first-order valence-corrected chi connectivity index (χ1v) is 5.31. The average molecular weight is 230 g/mol. The predicted molar refractivity (Wildman–Crippen MR) is 65.2 cm³/mol. The Morgan fingerprint density at radius 3 is 2.88 bits per heavy atom. The number of nitrogens with two attached hydrogens (primary N) is 1. The Balaban J connectivity index is 1.97. The highest BCUT2D eigenvalue weighted by Gasteiger charge is 2.04. The summed E-state index contributed by atoms with van der Waals surface area (Å²) in [5.74, 6) is 0.645. The maximum Gasteiger partial charge on any atom is 0.130 e. The molecule has 5 heteroatoms. The molecule has 17 heavy (non-hydrogen) atoms. The minimum atomic E-state index is 0.0136. The van der Waals surface area contributed by atoms with Crippen LogP contribution in [0.1, 0.15) is 5.56 Å². The minimum Gasteiger partial charge on any atom is -0.491 e. The van der Waals surface area contributed by atoms with Gasteiger partial charge in [0.15, 0.2) is 0 Å². The molecule has 2 aromatic rings. The number of nitrogens with one attached hydrogen (secondary N) is 1. The summed E-state index contributed by atoms with van der Waals surface area (Å²) in [6, 6.07) is 9.13. The lowest BCUT2D eigenvalue weighted by molar-refractivity contribution is 0.291. The van der Waals surface area contributed by atoms with E-state index in [1.54, 1.807) is 23.0 Å². The zero-order chi connectivity index (χ0) is 12.1. The third kappa shape index (κ3) is 2.84. The van der Waals surface area contributed by atoms with Crippen LogP contribution in [0.25, 0.3) is 0 Å². The number of nitrogens with zero attached hydrogens (tertiary/aromatic N) is 2. The van der Waals surface area contributed by atoms with Crippen molar-refractivity contribution in [1.29, 1.82) is 5.41 Å². The topological polar surface area (TPSA) is 76.9 Å². The molecule has 0 aliphatic heterocycles. The lowest BCUT2D eigenvalue weighted by Gasteiger charge is -2.10. The molecule has 0 fully saturated rings. The third-order valence-corrected chi connectivity index (χ3v) is 2.31. The first-order chi connectivity index (χ1) is 8.27. The average Bonchev–Trinajstić information content (AvgIpc) is 2.82.